The molecule has 0 spiro atoms. The molecule has 0 aliphatic heterocycles. The van der Waals surface area contributed by atoms with Gasteiger partial charge in [0.25, 0.3) is 0 Å². The maximum atomic E-state index is 5.26. The van der Waals surface area contributed by atoms with Gasteiger partial charge in [0.1, 0.15) is 11.5 Å². The van der Waals surface area contributed by atoms with Crippen molar-refractivity contribution in [2.75, 3.05) is 0 Å². The van der Waals surface area contributed by atoms with Crippen LogP contribution in [0.1, 0.15) is 24.4 Å². The van der Waals surface area contributed by atoms with Gasteiger partial charge in [-0.3, -0.25) is 0 Å². The van der Waals surface area contributed by atoms with Crippen molar-refractivity contribution in [3.8, 4) is 0 Å². The van der Waals surface area contributed by atoms with Crippen LogP contribution in [0.2, 0.25) is 0 Å². The molecule has 62 valence electrons. The molecule has 2 heteroatoms. The molecule has 2 nitrogen and oxygen atoms in total. The first-order valence-electron chi connectivity index (χ1n) is 3.95. The minimum Gasteiger partial charge on any atom is -0.469 e. The van der Waals surface area contributed by atoms with Crippen molar-refractivity contribution in [1.29, 1.82) is 0 Å². The molecule has 0 aliphatic rings. The SMILES string of the molecule is CC(c1ccco1)c1ccco1. The third-order valence-corrected chi connectivity index (χ3v) is 1.94. The topological polar surface area (TPSA) is 26.3 Å². The zero-order chi connectivity index (χ0) is 8.39. The van der Waals surface area contributed by atoms with Gasteiger partial charge in [-0.15, -0.1) is 0 Å². The van der Waals surface area contributed by atoms with E-state index in [-0.39, 0.29) is 5.92 Å². The third kappa shape index (κ3) is 1.16. The van der Waals surface area contributed by atoms with E-state index in [1.165, 1.54) is 0 Å². The monoisotopic (exact) mass is 162 g/mol. The van der Waals surface area contributed by atoms with Gasteiger partial charge < -0.3 is 8.83 Å². The summed E-state index contributed by atoms with van der Waals surface area (Å²) in [5, 5.41) is 0. The van der Waals surface area contributed by atoms with Crippen molar-refractivity contribution in [3.05, 3.63) is 48.3 Å². The van der Waals surface area contributed by atoms with Crippen molar-refractivity contribution in [1.82, 2.24) is 0 Å². The largest absolute Gasteiger partial charge is 0.469 e. The fourth-order valence-corrected chi connectivity index (χ4v) is 1.22. The van der Waals surface area contributed by atoms with Crippen molar-refractivity contribution in [2.45, 2.75) is 12.8 Å². The lowest BCUT2D eigenvalue weighted by Crippen LogP contribution is -1.90. The van der Waals surface area contributed by atoms with Gasteiger partial charge >= 0.3 is 0 Å². The number of hydrogen-bond acceptors (Lipinski definition) is 2. The van der Waals surface area contributed by atoms with Gasteiger partial charge in [-0.25, -0.2) is 0 Å². The van der Waals surface area contributed by atoms with Crippen LogP contribution in [0.5, 0.6) is 0 Å². The molecule has 0 fully saturated rings. The van der Waals surface area contributed by atoms with Gasteiger partial charge in [0.15, 0.2) is 0 Å². The van der Waals surface area contributed by atoms with Crippen LogP contribution < -0.4 is 0 Å². The first-order valence-corrected chi connectivity index (χ1v) is 3.95. The van der Waals surface area contributed by atoms with Crippen LogP contribution in [-0.4, -0.2) is 0 Å². The van der Waals surface area contributed by atoms with E-state index in [2.05, 4.69) is 6.92 Å². The van der Waals surface area contributed by atoms with Gasteiger partial charge in [-0.05, 0) is 31.2 Å². The molecule has 2 heterocycles. The Bertz CT molecular complexity index is 284. The molecule has 0 saturated carbocycles. The smallest absolute Gasteiger partial charge is 0.114 e. The molecule has 0 unspecified atom stereocenters. The Balaban J connectivity index is 2.27. The lowest BCUT2D eigenvalue weighted by Gasteiger charge is -2.02. The van der Waals surface area contributed by atoms with Crippen LogP contribution in [-0.2, 0) is 0 Å². The molecular weight excluding hydrogens is 152 g/mol. The second-order valence-electron chi connectivity index (χ2n) is 2.75. The average Bonchev–Trinajstić information content (AvgIpc) is 2.77. The first-order chi connectivity index (χ1) is 5.88. The molecule has 12 heavy (non-hydrogen) atoms. The van der Waals surface area contributed by atoms with Gasteiger partial charge in [-0.2, -0.15) is 0 Å². The fourth-order valence-electron chi connectivity index (χ4n) is 1.22. The normalized spacial score (nSPS) is 10.8. The second kappa shape index (κ2) is 2.89. The Labute approximate surface area is 70.8 Å². The van der Waals surface area contributed by atoms with Crippen molar-refractivity contribution in [2.24, 2.45) is 0 Å². The van der Waals surface area contributed by atoms with Crippen LogP contribution in [0, 0.1) is 0 Å². The molecule has 2 aromatic heterocycles. The maximum absolute atomic E-state index is 5.26. The molecule has 0 saturated heterocycles. The Morgan fingerprint density at radius 1 is 1.00 bits per heavy atom. The van der Waals surface area contributed by atoms with Crippen LogP contribution in [0.15, 0.2) is 45.6 Å². The zero-order valence-corrected chi connectivity index (χ0v) is 6.86. The predicted octanol–water partition coefficient (Wildman–Crippen LogP) is 3.02. The average molecular weight is 162 g/mol. The van der Waals surface area contributed by atoms with Crippen molar-refractivity contribution < 1.29 is 8.83 Å². The summed E-state index contributed by atoms with van der Waals surface area (Å²) in [6, 6.07) is 7.67. The summed E-state index contributed by atoms with van der Waals surface area (Å²) >= 11 is 0. The lowest BCUT2D eigenvalue weighted by molar-refractivity contribution is 0.439. The number of hydrogen-bond donors (Lipinski definition) is 0. The molecule has 0 radical (unpaired) electrons. The van der Waals surface area contributed by atoms with E-state index in [0.29, 0.717) is 0 Å². The number of furan rings is 2. The summed E-state index contributed by atoms with van der Waals surface area (Å²) in [4.78, 5) is 0. The highest BCUT2D eigenvalue weighted by Gasteiger charge is 2.12. The molecule has 2 aromatic rings. The van der Waals surface area contributed by atoms with Gasteiger partial charge in [0, 0.05) is 0 Å². The van der Waals surface area contributed by atoms with Crippen molar-refractivity contribution in [3.63, 3.8) is 0 Å². The summed E-state index contributed by atoms with van der Waals surface area (Å²) in [6.45, 7) is 2.05. The molecule has 0 aromatic carbocycles. The van der Waals surface area contributed by atoms with E-state index in [1.54, 1.807) is 12.5 Å². The summed E-state index contributed by atoms with van der Waals surface area (Å²) in [5.74, 6) is 2.07. The molecule has 0 amide bonds. The lowest BCUT2D eigenvalue weighted by atomic mass is 10.1. The molecule has 2 rings (SSSR count). The van der Waals surface area contributed by atoms with Crippen LogP contribution in [0.4, 0.5) is 0 Å². The third-order valence-electron chi connectivity index (χ3n) is 1.94. The summed E-state index contributed by atoms with van der Waals surface area (Å²) in [6.07, 6.45) is 3.35. The van der Waals surface area contributed by atoms with E-state index in [0.717, 1.165) is 11.5 Å². The predicted molar refractivity (Wildman–Crippen MR) is 44.9 cm³/mol. The number of rotatable bonds is 2. The van der Waals surface area contributed by atoms with Gasteiger partial charge in [0.2, 0.25) is 0 Å². The maximum Gasteiger partial charge on any atom is 0.114 e. The molecule has 0 N–H and O–H groups in total. The highest BCUT2D eigenvalue weighted by molar-refractivity contribution is 5.17. The standard InChI is InChI=1S/C10H10O2/c1-8(9-4-2-6-11-9)10-5-3-7-12-10/h2-8H,1H3. The van der Waals surface area contributed by atoms with E-state index in [4.69, 9.17) is 8.83 Å². The Kier molecular flexibility index (Phi) is 1.74. The Morgan fingerprint density at radius 3 is 1.83 bits per heavy atom. The van der Waals surface area contributed by atoms with Gasteiger partial charge in [-0.1, -0.05) is 0 Å². The second-order valence-corrected chi connectivity index (χ2v) is 2.75. The Hall–Kier alpha value is -1.44. The summed E-state index contributed by atoms with van der Waals surface area (Å²) in [7, 11) is 0. The van der Waals surface area contributed by atoms with E-state index in [9.17, 15) is 0 Å². The van der Waals surface area contributed by atoms with E-state index < -0.39 is 0 Å². The molecule has 0 bridgehead atoms. The highest BCUT2D eigenvalue weighted by Crippen LogP contribution is 2.24. The molecular formula is C10H10O2. The molecule has 0 aliphatic carbocycles. The van der Waals surface area contributed by atoms with Gasteiger partial charge in [0.05, 0.1) is 18.4 Å². The van der Waals surface area contributed by atoms with Crippen LogP contribution >= 0.6 is 0 Å². The summed E-state index contributed by atoms with van der Waals surface area (Å²) < 4.78 is 10.5. The quantitative estimate of drug-likeness (QED) is 0.678. The first kappa shape index (κ1) is 7.22. The minimum absolute atomic E-state index is 0.204. The van der Waals surface area contributed by atoms with E-state index >= 15 is 0 Å². The highest BCUT2D eigenvalue weighted by atomic mass is 16.3. The van der Waals surface area contributed by atoms with Crippen LogP contribution in [0.3, 0.4) is 0 Å². The minimum atomic E-state index is 0.204. The zero-order valence-electron chi connectivity index (χ0n) is 6.86. The fraction of sp³-hybridized carbons (Fsp3) is 0.200. The summed E-state index contributed by atoms with van der Waals surface area (Å²) in [5.41, 5.74) is 0. The van der Waals surface area contributed by atoms with Crippen LogP contribution in [0.25, 0.3) is 0 Å². The Morgan fingerprint density at radius 2 is 1.50 bits per heavy atom. The molecule has 0 atom stereocenters. The van der Waals surface area contributed by atoms with Crippen molar-refractivity contribution >= 4 is 0 Å². The van der Waals surface area contributed by atoms with E-state index in [1.807, 2.05) is 24.3 Å².